The van der Waals surface area contributed by atoms with Crippen molar-refractivity contribution in [1.82, 2.24) is 0 Å². The molecule has 2 aromatic heterocycles. The van der Waals surface area contributed by atoms with Crippen LogP contribution in [0.15, 0.2) is 229 Å². The van der Waals surface area contributed by atoms with E-state index in [2.05, 4.69) is 229 Å². The van der Waals surface area contributed by atoms with E-state index in [0.29, 0.717) is 0 Å². The largest absolute Gasteiger partial charge is 0.455 e. The van der Waals surface area contributed by atoms with Crippen molar-refractivity contribution in [1.29, 1.82) is 0 Å². The second kappa shape index (κ2) is 14.3. The van der Waals surface area contributed by atoms with Crippen LogP contribution < -0.4 is 4.90 Å². The normalized spacial score (nSPS) is 11.8. The summed E-state index contributed by atoms with van der Waals surface area (Å²) in [5.41, 5.74) is 12.1. The smallest absolute Gasteiger partial charge is 0.143 e. The Hall–Kier alpha value is -7.98. The second-order valence-electron chi connectivity index (χ2n) is 16.4. The fourth-order valence-electron chi connectivity index (χ4n) is 9.90. The summed E-state index contributed by atoms with van der Waals surface area (Å²) < 4.78 is 9.32. The van der Waals surface area contributed by atoms with Crippen molar-refractivity contribution < 1.29 is 4.42 Å². The molecule has 0 unspecified atom stereocenters. The van der Waals surface area contributed by atoms with Gasteiger partial charge in [0, 0.05) is 53.3 Å². The molecule has 0 aliphatic rings. The molecular weight excluding hydrogens is 783 g/mol. The average molecular weight is 820 g/mol. The first-order chi connectivity index (χ1) is 31.2. The lowest BCUT2D eigenvalue weighted by molar-refractivity contribution is 0.673. The fourth-order valence-corrected chi connectivity index (χ4v) is 11.0. The summed E-state index contributed by atoms with van der Waals surface area (Å²) in [7, 11) is 0. The molecule has 0 aliphatic heterocycles. The van der Waals surface area contributed by atoms with E-state index in [0.717, 1.165) is 55.5 Å². The third-order valence-electron chi connectivity index (χ3n) is 12.9. The predicted octanol–water partition coefficient (Wildman–Crippen LogP) is 17.9. The van der Waals surface area contributed by atoms with E-state index in [4.69, 9.17) is 4.42 Å². The van der Waals surface area contributed by atoms with Crippen LogP contribution in [0.25, 0.3) is 108 Å². The zero-order valence-corrected chi connectivity index (χ0v) is 34.9. The molecule has 3 heteroatoms. The molecule has 0 fully saturated rings. The Morgan fingerprint density at radius 1 is 0.333 bits per heavy atom. The van der Waals surface area contributed by atoms with E-state index >= 15 is 0 Å². The standard InChI is InChI=1S/C60H37NOS/c1-3-13-46-39(11-1)23-24-43-37-42(30-35-47(43)46)38-25-31-44(32-26-38)61(45-33-27-41(28-34-45)48-17-10-22-57-59(48)52-16-6-8-21-56(52)63-57)54-19-7-5-15-50(54)51-18-9-20-55-58(51)53-36-29-40-12-2-4-14-49(40)60(53)62-55/h1-37H. The van der Waals surface area contributed by atoms with Crippen molar-refractivity contribution in [3.8, 4) is 33.4 Å². The number of thiophene rings is 1. The number of rotatable bonds is 6. The first kappa shape index (κ1) is 35.7. The fraction of sp³-hybridized carbons (Fsp3) is 0. The highest BCUT2D eigenvalue weighted by Crippen LogP contribution is 2.47. The summed E-state index contributed by atoms with van der Waals surface area (Å²) in [6.07, 6.45) is 0. The van der Waals surface area contributed by atoms with E-state index in [-0.39, 0.29) is 0 Å². The Balaban J connectivity index is 0.970. The molecule has 2 heterocycles. The molecule has 0 amide bonds. The summed E-state index contributed by atoms with van der Waals surface area (Å²) in [6, 6.07) is 81.7. The molecule has 2 nitrogen and oxygen atoms in total. The van der Waals surface area contributed by atoms with Crippen LogP contribution >= 0.6 is 11.3 Å². The predicted molar refractivity (Wildman–Crippen MR) is 270 cm³/mol. The Morgan fingerprint density at radius 2 is 0.905 bits per heavy atom. The van der Waals surface area contributed by atoms with E-state index in [1.165, 1.54) is 69.4 Å². The number of hydrogen-bond donors (Lipinski definition) is 0. The van der Waals surface area contributed by atoms with Crippen molar-refractivity contribution in [2.75, 3.05) is 4.90 Å². The SMILES string of the molecule is c1ccc(N(c2ccc(-c3ccc4c(ccc5ccccc54)c3)cc2)c2ccc(-c3cccc4sc5ccccc5c34)cc2)c(-c2cccc3oc4c5ccccc5ccc4c23)c1. The van der Waals surface area contributed by atoms with Crippen molar-refractivity contribution in [2.24, 2.45) is 0 Å². The summed E-state index contributed by atoms with van der Waals surface area (Å²) in [5.74, 6) is 0. The molecule has 0 atom stereocenters. The van der Waals surface area contributed by atoms with Gasteiger partial charge in [0.05, 0.1) is 5.69 Å². The van der Waals surface area contributed by atoms with Crippen LogP contribution in [0.2, 0.25) is 0 Å². The zero-order chi connectivity index (χ0) is 41.4. The number of fused-ring (bicyclic) bond motifs is 11. The van der Waals surface area contributed by atoms with Gasteiger partial charge >= 0.3 is 0 Å². The topological polar surface area (TPSA) is 16.4 Å². The molecule has 63 heavy (non-hydrogen) atoms. The molecule has 0 spiro atoms. The minimum absolute atomic E-state index is 0.882. The van der Waals surface area contributed by atoms with Gasteiger partial charge in [0.2, 0.25) is 0 Å². The summed E-state index contributed by atoms with van der Waals surface area (Å²) >= 11 is 1.86. The van der Waals surface area contributed by atoms with Crippen LogP contribution in [-0.4, -0.2) is 0 Å². The quantitative estimate of drug-likeness (QED) is 0.155. The monoisotopic (exact) mass is 819 g/mol. The Bertz CT molecular complexity index is 3910. The molecule has 0 N–H and O–H groups in total. The van der Waals surface area contributed by atoms with Gasteiger partial charge in [-0.3, -0.25) is 0 Å². The van der Waals surface area contributed by atoms with Crippen molar-refractivity contribution in [3.05, 3.63) is 224 Å². The van der Waals surface area contributed by atoms with Crippen LogP contribution in [0.1, 0.15) is 0 Å². The second-order valence-corrected chi connectivity index (χ2v) is 17.5. The van der Waals surface area contributed by atoms with Crippen LogP contribution in [0, 0.1) is 0 Å². The summed E-state index contributed by atoms with van der Waals surface area (Å²) in [5, 5.41) is 12.2. The molecular formula is C60H37NOS. The van der Waals surface area contributed by atoms with Crippen LogP contribution in [0.5, 0.6) is 0 Å². The molecule has 13 rings (SSSR count). The summed E-state index contributed by atoms with van der Waals surface area (Å²) in [6.45, 7) is 0. The van der Waals surface area contributed by atoms with E-state index in [1.54, 1.807) is 0 Å². The molecule has 11 aromatic carbocycles. The number of hydrogen-bond acceptors (Lipinski definition) is 3. The Morgan fingerprint density at radius 3 is 1.75 bits per heavy atom. The van der Waals surface area contributed by atoms with Gasteiger partial charge in [0.25, 0.3) is 0 Å². The molecule has 0 radical (unpaired) electrons. The number of anilines is 3. The van der Waals surface area contributed by atoms with Gasteiger partial charge in [-0.25, -0.2) is 0 Å². The average Bonchev–Trinajstić information content (AvgIpc) is 3.94. The van der Waals surface area contributed by atoms with Crippen molar-refractivity contribution in [3.63, 3.8) is 0 Å². The third kappa shape index (κ3) is 5.78. The molecule has 13 aromatic rings. The maximum absolute atomic E-state index is 6.69. The van der Waals surface area contributed by atoms with Crippen molar-refractivity contribution >= 4 is 103 Å². The van der Waals surface area contributed by atoms with E-state index in [9.17, 15) is 0 Å². The minimum atomic E-state index is 0.882. The van der Waals surface area contributed by atoms with Gasteiger partial charge in [-0.05, 0) is 115 Å². The molecule has 0 aliphatic carbocycles. The maximum Gasteiger partial charge on any atom is 0.143 e. The zero-order valence-electron chi connectivity index (χ0n) is 34.1. The molecule has 0 saturated heterocycles. The van der Waals surface area contributed by atoms with Gasteiger partial charge in [0.15, 0.2) is 0 Å². The third-order valence-corrected chi connectivity index (χ3v) is 14.0. The van der Waals surface area contributed by atoms with Gasteiger partial charge < -0.3 is 9.32 Å². The van der Waals surface area contributed by atoms with Crippen LogP contribution in [-0.2, 0) is 0 Å². The number of nitrogens with zero attached hydrogens (tertiary/aromatic N) is 1. The van der Waals surface area contributed by atoms with Crippen LogP contribution in [0.4, 0.5) is 17.1 Å². The molecule has 0 bridgehead atoms. The van der Waals surface area contributed by atoms with Gasteiger partial charge in [-0.1, -0.05) is 164 Å². The minimum Gasteiger partial charge on any atom is -0.455 e. The van der Waals surface area contributed by atoms with Gasteiger partial charge in [0.1, 0.15) is 11.2 Å². The maximum atomic E-state index is 6.69. The van der Waals surface area contributed by atoms with E-state index in [1.807, 2.05) is 11.3 Å². The number of benzene rings is 11. The van der Waals surface area contributed by atoms with Crippen LogP contribution in [0.3, 0.4) is 0 Å². The Labute approximate surface area is 368 Å². The van der Waals surface area contributed by atoms with Crippen molar-refractivity contribution in [2.45, 2.75) is 0 Å². The summed E-state index contributed by atoms with van der Waals surface area (Å²) in [4.78, 5) is 2.41. The van der Waals surface area contributed by atoms with Gasteiger partial charge in [-0.2, -0.15) is 0 Å². The van der Waals surface area contributed by atoms with E-state index < -0.39 is 0 Å². The van der Waals surface area contributed by atoms with Gasteiger partial charge in [-0.15, -0.1) is 11.3 Å². The first-order valence-corrected chi connectivity index (χ1v) is 22.3. The number of furan rings is 1. The highest BCUT2D eigenvalue weighted by molar-refractivity contribution is 7.25. The lowest BCUT2D eigenvalue weighted by Gasteiger charge is -2.28. The Kier molecular flexibility index (Phi) is 8.12. The lowest BCUT2D eigenvalue weighted by atomic mass is 9.95. The number of para-hydroxylation sites is 1. The molecule has 294 valence electrons. The highest BCUT2D eigenvalue weighted by atomic mass is 32.1. The first-order valence-electron chi connectivity index (χ1n) is 21.5. The molecule has 0 saturated carbocycles. The highest BCUT2D eigenvalue weighted by Gasteiger charge is 2.22. The lowest BCUT2D eigenvalue weighted by Crippen LogP contribution is -2.11.